The SMILES string of the molecule is O=C(COc1ccc(C(=O)O)cc1)NC(/C=C/c1ccc(NC(=O)c2c(Cl)cccc2Cl)cc1)C(=O)O. The van der Waals surface area contributed by atoms with E-state index in [1.54, 1.807) is 42.5 Å². The zero-order valence-electron chi connectivity index (χ0n) is 19.0. The molecule has 0 aliphatic carbocycles. The number of carboxylic acid groups (broad SMARTS) is 2. The molecule has 0 spiro atoms. The molecule has 3 aromatic carbocycles. The molecular weight excluding hydrogens is 523 g/mol. The van der Waals surface area contributed by atoms with Gasteiger partial charge in [0.1, 0.15) is 11.8 Å². The minimum absolute atomic E-state index is 0.0632. The van der Waals surface area contributed by atoms with Crippen LogP contribution in [0.1, 0.15) is 26.3 Å². The van der Waals surface area contributed by atoms with Crippen LogP contribution in [0.25, 0.3) is 6.08 Å². The number of carbonyl (C=O) groups excluding carboxylic acids is 2. The van der Waals surface area contributed by atoms with E-state index in [4.69, 9.17) is 33.0 Å². The number of aliphatic carboxylic acids is 1. The first-order valence-corrected chi connectivity index (χ1v) is 11.4. The van der Waals surface area contributed by atoms with Crippen molar-refractivity contribution in [1.29, 1.82) is 0 Å². The van der Waals surface area contributed by atoms with Crippen molar-refractivity contribution < 1.29 is 34.1 Å². The molecule has 2 amide bonds. The van der Waals surface area contributed by atoms with Crippen molar-refractivity contribution in [2.24, 2.45) is 0 Å². The molecule has 9 nitrogen and oxygen atoms in total. The summed E-state index contributed by atoms with van der Waals surface area (Å²) in [4.78, 5) is 47.1. The number of aromatic carboxylic acids is 1. The molecule has 0 bridgehead atoms. The van der Waals surface area contributed by atoms with Crippen LogP contribution in [0, 0.1) is 0 Å². The maximum atomic E-state index is 12.5. The van der Waals surface area contributed by atoms with Gasteiger partial charge in [0.05, 0.1) is 21.2 Å². The Kier molecular flexibility index (Phi) is 9.26. The first kappa shape index (κ1) is 27.3. The Morgan fingerprint density at radius 3 is 2.08 bits per heavy atom. The third-order valence-corrected chi connectivity index (χ3v) is 5.52. The predicted molar refractivity (Wildman–Crippen MR) is 138 cm³/mol. The molecule has 0 aliphatic heterocycles. The minimum atomic E-state index is -1.33. The van der Waals surface area contributed by atoms with Crippen LogP contribution in [-0.4, -0.2) is 46.6 Å². The summed E-state index contributed by atoms with van der Waals surface area (Å²) < 4.78 is 5.26. The van der Waals surface area contributed by atoms with Gasteiger partial charge in [-0.25, -0.2) is 9.59 Å². The van der Waals surface area contributed by atoms with Crippen molar-refractivity contribution in [2.75, 3.05) is 11.9 Å². The maximum absolute atomic E-state index is 12.5. The van der Waals surface area contributed by atoms with Crippen molar-refractivity contribution in [3.63, 3.8) is 0 Å². The fraction of sp³-hybridized carbons (Fsp3) is 0.0769. The summed E-state index contributed by atoms with van der Waals surface area (Å²) in [6.45, 7) is -0.464. The molecule has 1 atom stereocenters. The van der Waals surface area contributed by atoms with E-state index in [1.807, 2.05) is 0 Å². The van der Waals surface area contributed by atoms with E-state index in [0.717, 1.165) is 0 Å². The van der Waals surface area contributed by atoms with Gasteiger partial charge < -0.3 is 25.6 Å². The van der Waals surface area contributed by atoms with Crippen molar-refractivity contribution in [3.05, 3.63) is 99.5 Å². The molecule has 37 heavy (non-hydrogen) atoms. The molecule has 0 aromatic heterocycles. The molecular formula is C26H20Cl2N2O7. The van der Waals surface area contributed by atoms with Crippen LogP contribution in [0.2, 0.25) is 10.0 Å². The number of halogens is 2. The molecule has 0 radical (unpaired) electrons. The van der Waals surface area contributed by atoms with Crippen molar-refractivity contribution in [1.82, 2.24) is 5.32 Å². The number of carboxylic acids is 2. The molecule has 3 rings (SSSR count). The van der Waals surface area contributed by atoms with Gasteiger partial charge in [0.2, 0.25) is 0 Å². The molecule has 4 N–H and O–H groups in total. The highest BCUT2D eigenvalue weighted by molar-refractivity contribution is 6.40. The van der Waals surface area contributed by atoms with E-state index in [9.17, 15) is 24.3 Å². The van der Waals surface area contributed by atoms with E-state index in [1.165, 1.54) is 36.4 Å². The van der Waals surface area contributed by atoms with Crippen LogP contribution in [0.4, 0.5) is 5.69 Å². The highest BCUT2D eigenvalue weighted by Gasteiger charge is 2.17. The second-order valence-electron chi connectivity index (χ2n) is 7.53. The van der Waals surface area contributed by atoms with Gasteiger partial charge in [-0.15, -0.1) is 0 Å². The zero-order valence-corrected chi connectivity index (χ0v) is 20.5. The monoisotopic (exact) mass is 542 g/mol. The van der Waals surface area contributed by atoms with Crippen molar-refractivity contribution in [2.45, 2.75) is 6.04 Å². The van der Waals surface area contributed by atoms with Crippen LogP contribution < -0.4 is 15.4 Å². The lowest BCUT2D eigenvalue weighted by Gasteiger charge is -2.12. The summed E-state index contributed by atoms with van der Waals surface area (Å²) in [5.74, 6) is -3.28. The van der Waals surface area contributed by atoms with Gasteiger partial charge in [0, 0.05) is 5.69 Å². The Balaban J connectivity index is 1.56. The smallest absolute Gasteiger partial charge is 0.335 e. The summed E-state index contributed by atoms with van der Waals surface area (Å²) in [7, 11) is 0. The van der Waals surface area contributed by atoms with Crippen LogP contribution in [0.5, 0.6) is 5.75 Å². The average molecular weight is 543 g/mol. The van der Waals surface area contributed by atoms with Crippen molar-refractivity contribution >= 4 is 58.7 Å². The van der Waals surface area contributed by atoms with Gasteiger partial charge in [-0.1, -0.05) is 53.6 Å². The lowest BCUT2D eigenvalue weighted by molar-refractivity contribution is -0.140. The van der Waals surface area contributed by atoms with Gasteiger partial charge in [0.15, 0.2) is 6.61 Å². The highest BCUT2D eigenvalue weighted by atomic mass is 35.5. The Bertz CT molecular complexity index is 1320. The summed E-state index contributed by atoms with van der Waals surface area (Å²) in [5, 5.41) is 23.8. The molecule has 1 unspecified atom stereocenters. The molecule has 0 heterocycles. The first-order valence-electron chi connectivity index (χ1n) is 10.7. The van der Waals surface area contributed by atoms with Crippen molar-refractivity contribution in [3.8, 4) is 5.75 Å². The number of hydrogen-bond acceptors (Lipinski definition) is 5. The number of amides is 2. The van der Waals surface area contributed by atoms with Crippen LogP contribution >= 0.6 is 23.2 Å². The third kappa shape index (κ3) is 7.83. The largest absolute Gasteiger partial charge is 0.484 e. The van der Waals surface area contributed by atoms with E-state index >= 15 is 0 Å². The zero-order chi connectivity index (χ0) is 26.9. The maximum Gasteiger partial charge on any atom is 0.335 e. The first-order chi connectivity index (χ1) is 17.6. The van der Waals surface area contributed by atoms with E-state index in [0.29, 0.717) is 11.3 Å². The summed E-state index contributed by atoms with van der Waals surface area (Å²) in [6.07, 6.45) is 2.79. The fourth-order valence-corrected chi connectivity index (χ4v) is 3.61. The molecule has 3 aromatic rings. The van der Waals surface area contributed by atoms with E-state index in [-0.39, 0.29) is 26.9 Å². The quantitative estimate of drug-likeness (QED) is 0.293. The lowest BCUT2D eigenvalue weighted by Crippen LogP contribution is -2.41. The molecule has 0 aliphatic rings. The van der Waals surface area contributed by atoms with E-state index < -0.39 is 36.4 Å². The van der Waals surface area contributed by atoms with E-state index in [2.05, 4.69) is 10.6 Å². The summed E-state index contributed by atoms with van der Waals surface area (Å²) in [6, 6.07) is 15.3. The average Bonchev–Trinajstić information content (AvgIpc) is 2.86. The van der Waals surface area contributed by atoms with Crippen LogP contribution in [-0.2, 0) is 9.59 Å². The number of rotatable bonds is 10. The molecule has 0 fully saturated rings. The number of anilines is 1. The second kappa shape index (κ2) is 12.6. The number of nitrogens with one attached hydrogen (secondary N) is 2. The number of carbonyl (C=O) groups is 4. The number of benzene rings is 3. The number of hydrogen-bond donors (Lipinski definition) is 4. The topological polar surface area (TPSA) is 142 Å². The minimum Gasteiger partial charge on any atom is -0.484 e. The lowest BCUT2D eigenvalue weighted by atomic mass is 10.1. The van der Waals surface area contributed by atoms with Gasteiger partial charge in [0.25, 0.3) is 11.8 Å². The highest BCUT2D eigenvalue weighted by Crippen LogP contribution is 2.25. The van der Waals surface area contributed by atoms with Crippen LogP contribution in [0.15, 0.2) is 72.8 Å². The fourth-order valence-electron chi connectivity index (χ4n) is 3.04. The summed E-state index contributed by atoms with van der Waals surface area (Å²) in [5.41, 5.74) is 1.29. The van der Waals surface area contributed by atoms with Gasteiger partial charge >= 0.3 is 11.9 Å². The predicted octanol–water partition coefficient (Wildman–Crippen LogP) is 4.61. The number of ether oxygens (including phenoxy) is 1. The molecule has 11 heteroatoms. The molecule has 190 valence electrons. The third-order valence-electron chi connectivity index (χ3n) is 4.89. The van der Waals surface area contributed by atoms with Gasteiger partial charge in [-0.3, -0.25) is 9.59 Å². The second-order valence-corrected chi connectivity index (χ2v) is 8.35. The normalized spacial score (nSPS) is 11.5. The van der Waals surface area contributed by atoms with Gasteiger partial charge in [-0.05, 0) is 54.1 Å². The molecule has 0 saturated heterocycles. The Hall–Kier alpha value is -4.34. The van der Waals surface area contributed by atoms with Crippen LogP contribution in [0.3, 0.4) is 0 Å². The standard InChI is InChI=1S/C26H20Cl2N2O7/c27-19-2-1-3-20(28)23(19)24(32)29-17-9-4-15(5-10-17)6-13-21(26(35)36)30-22(31)14-37-18-11-7-16(8-12-18)25(33)34/h1-13,21H,14H2,(H,29,32)(H,30,31)(H,33,34)(H,35,36)/b13-6+. The Morgan fingerprint density at radius 1 is 0.892 bits per heavy atom. The summed E-state index contributed by atoms with van der Waals surface area (Å²) >= 11 is 12.1. The Labute approximate surface area is 221 Å². The Morgan fingerprint density at radius 2 is 1.51 bits per heavy atom. The van der Waals surface area contributed by atoms with Gasteiger partial charge in [-0.2, -0.15) is 0 Å². The molecule has 0 saturated carbocycles.